The van der Waals surface area contributed by atoms with Crippen molar-refractivity contribution < 1.29 is 27.8 Å². The van der Waals surface area contributed by atoms with Gasteiger partial charge in [-0.1, -0.05) is 0 Å². The fraction of sp³-hybridized carbons (Fsp3) is 0.353. The molecule has 1 fully saturated rings. The quantitative estimate of drug-likeness (QED) is 0.662. The lowest BCUT2D eigenvalue weighted by Gasteiger charge is -2.31. The Labute approximate surface area is 168 Å². The number of rotatable bonds is 5. The molecule has 0 saturated carbocycles. The third kappa shape index (κ3) is 5.23. The summed E-state index contributed by atoms with van der Waals surface area (Å²) in [6.07, 6.45) is -3.24. The molecule has 1 aliphatic rings. The lowest BCUT2D eigenvalue weighted by molar-refractivity contribution is -0.137. The maximum absolute atomic E-state index is 13.4. The van der Waals surface area contributed by atoms with Gasteiger partial charge in [0.2, 0.25) is 0 Å². The van der Waals surface area contributed by atoms with Crippen LogP contribution >= 0.6 is 0 Å². The van der Waals surface area contributed by atoms with Gasteiger partial charge in [0.1, 0.15) is 17.7 Å². The minimum Gasteiger partial charge on any atom is -0.465 e. The molecule has 10 nitrogen and oxygen atoms in total. The zero-order valence-corrected chi connectivity index (χ0v) is 15.3. The fourth-order valence-corrected chi connectivity index (χ4v) is 2.72. The van der Waals surface area contributed by atoms with Crippen LogP contribution in [0.4, 0.5) is 35.3 Å². The summed E-state index contributed by atoms with van der Waals surface area (Å²) in [6.45, 7) is 0.369. The van der Waals surface area contributed by atoms with Gasteiger partial charge in [-0.3, -0.25) is 0 Å². The van der Waals surface area contributed by atoms with Crippen LogP contribution in [0.1, 0.15) is 11.3 Å². The number of alkyl halides is 3. The summed E-state index contributed by atoms with van der Waals surface area (Å²) in [4.78, 5) is 23.7. The van der Waals surface area contributed by atoms with Gasteiger partial charge in [-0.2, -0.15) is 18.4 Å². The normalized spacial score (nSPS) is 16.6. The van der Waals surface area contributed by atoms with E-state index < -0.39 is 23.9 Å². The highest BCUT2D eigenvalue weighted by Crippen LogP contribution is 2.35. The molecular weight excluding hydrogens is 407 g/mol. The minimum atomic E-state index is -4.65. The van der Waals surface area contributed by atoms with E-state index in [1.807, 2.05) is 0 Å². The molecule has 0 spiro atoms. The summed E-state index contributed by atoms with van der Waals surface area (Å²) in [6, 6.07) is 2.96. The first-order chi connectivity index (χ1) is 14.3. The molecule has 2 aromatic rings. The average molecular weight is 423 g/mol. The number of nitriles is 1. The molecule has 1 saturated heterocycles. The van der Waals surface area contributed by atoms with Crippen LogP contribution in [-0.2, 0) is 10.9 Å². The van der Waals surface area contributed by atoms with Crippen molar-refractivity contribution in [1.82, 2.24) is 19.9 Å². The number of pyridine rings is 1. The Hall–Kier alpha value is -3.66. The topological polar surface area (TPSA) is 136 Å². The molecule has 2 aromatic heterocycles. The van der Waals surface area contributed by atoms with Crippen molar-refractivity contribution in [1.29, 1.82) is 5.26 Å². The number of morpholine rings is 1. The maximum atomic E-state index is 13.4. The van der Waals surface area contributed by atoms with E-state index in [1.54, 1.807) is 6.07 Å². The highest BCUT2D eigenvalue weighted by Gasteiger charge is 2.34. The monoisotopic (exact) mass is 423 g/mol. The van der Waals surface area contributed by atoms with Crippen molar-refractivity contribution in [2.45, 2.75) is 12.3 Å². The number of carbonyl (C=O) groups is 1. The number of hydrogen-bond donors (Lipinski definition) is 3. The first-order valence-corrected chi connectivity index (χ1v) is 8.66. The Balaban J connectivity index is 1.76. The van der Waals surface area contributed by atoms with Crippen LogP contribution in [0.25, 0.3) is 0 Å². The van der Waals surface area contributed by atoms with Crippen molar-refractivity contribution in [3.63, 3.8) is 0 Å². The van der Waals surface area contributed by atoms with Gasteiger partial charge in [0.05, 0.1) is 42.9 Å². The maximum Gasteiger partial charge on any atom is 0.419 e. The van der Waals surface area contributed by atoms with Gasteiger partial charge < -0.3 is 25.4 Å². The number of anilines is 3. The largest absolute Gasteiger partial charge is 0.465 e. The Morgan fingerprint density at radius 3 is 2.70 bits per heavy atom. The van der Waals surface area contributed by atoms with E-state index in [2.05, 4.69) is 25.6 Å². The molecule has 3 heterocycles. The SMILES string of the molecule is N#Cc1cnc(Nc2cc(NCC3CN(C(=O)O)CCO3)c(C(F)(F)F)cn2)cn1. The number of aromatic nitrogens is 3. The highest BCUT2D eigenvalue weighted by molar-refractivity contribution is 5.65. The molecule has 3 rings (SSSR count). The first kappa shape index (κ1) is 21.1. The number of amides is 1. The van der Waals surface area contributed by atoms with Gasteiger partial charge in [-0.15, -0.1) is 0 Å². The number of ether oxygens (including phenoxy) is 1. The summed E-state index contributed by atoms with van der Waals surface area (Å²) in [7, 11) is 0. The summed E-state index contributed by atoms with van der Waals surface area (Å²) < 4.78 is 45.5. The predicted molar refractivity (Wildman–Crippen MR) is 97.1 cm³/mol. The van der Waals surface area contributed by atoms with Gasteiger partial charge in [0.25, 0.3) is 0 Å². The molecular formula is C17H16F3N7O3. The van der Waals surface area contributed by atoms with Crippen LogP contribution in [0.2, 0.25) is 0 Å². The van der Waals surface area contributed by atoms with Gasteiger partial charge >= 0.3 is 12.3 Å². The van der Waals surface area contributed by atoms with Crippen LogP contribution in [-0.4, -0.2) is 63.4 Å². The van der Waals surface area contributed by atoms with Gasteiger partial charge in [0, 0.05) is 25.4 Å². The zero-order chi connectivity index (χ0) is 21.7. The van der Waals surface area contributed by atoms with E-state index in [-0.39, 0.29) is 49.3 Å². The van der Waals surface area contributed by atoms with Crippen LogP contribution in [0.5, 0.6) is 0 Å². The van der Waals surface area contributed by atoms with Crippen molar-refractivity contribution in [3.05, 3.63) is 35.9 Å². The van der Waals surface area contributed by atoms with Crippen LogP contribution in [0.3, 0.4) is 0 Å². The number of halogens is 3. The van der Waals surface area contributed by atoms with E-state index >= 15 is 0 Å². The van der Waals surface area contributed by atoms with Gasteiger partial charge in [0.15, 0.2) is 5.69 Å². The van der Waals surface area contributed by atoms with E-state index in [4.69, 9.17) is 15.1 Å². The second-order valence-corrected chi connectivity index (χ2v) is 6.24. The van der Waals surface area contributed by atoms with Crippen LogP contribution in [0.15, 0.2) is 24.7 Å². The molecule has 0 aliphatic carbocycles. The Morgan fingerprint density at radius 2 is 2.07 bits per heavy atom. The zero-order valence-electron chi connectivity index (χ0n) is 15.3. The molecule has 1 aliphatic heterocycles. The summed E-state index contributed by atoms with van der Waals surface area (Å²) >= 11 is 0. The molecule has 30 heavy (non-hydrogen) atoms. The van der Waals surface area contributed by atoms with E-state index in [1.165, 1.54) is 12.4 Å². The minimum absolute atomic E-state index is 0.0347. The second-order valence-electron chi connectivity index (χ2n) is 6.24. The summed E-state index contributed by atoms with van der Waals surface area (Å²) in [5, 5.41) is 23.2. The molecule has 3 N–H and O–H groups in total. The van der Waals surface area contributed by atoms with Gasteiger partial charge in [-0.05, 0) is 0 Å². The van der Waals surface area contributed by atoms with Crippen molar-refractivity contribution in [2.75, 3.05) is 36.9 Å². The number of nitrogens with one attached hydrogen (secondary N) is 2. The number of carboxylic acid groups (broad SMARTS) is 1. The molecule has 1 unspecified atom stereocenters. The molecule has 158 valence electrons. The lowest BCUT2D eigenvalue weighted by atomic mass is 10.2. The van der Waals surface area contributed by atoms with E-state index in [0.29, 0.717) is 6.20 Å². The van der Waals surface area contributed by atoms with Crippen LogP contribution < -0.4 is 10.6 Å². The Bertz CT molecular complexity index is 947. The molecule has 0 aromatic carbocycles. The molecule has 0 radical (unpaired) electrons. The average Bonchev–Trinajstić information content (AvgIpc) is 2.72. The molecule has 13 heteroatoms. The van der Waals surface area contributed by atoms with Crippen molar-refractivity contribution >= 4 is 23.4 Å². The molecule has 0 bridgehead atoms. The fourth-order valence-electron chi connectivity index (χ4n) is 2.72. The van der Waals surface area contributed by atoms with Crippen LogP contribution in [0, 0.1) is 11.3 Å². The van der Waals surface area contributed by atoms with Crippen molar-refractivity contribution in [2.24, 2.45) is 0 Å². The molecule has 1 amide bonds. The summed E-state index contributed by atoms with van der Waals surface area (Å²) in [5.74, 6) is 0.265. The first-order valence-electron chi connectivity index (χ1n) is 8.66. The standard InChI is InChI=1S/C17H16F3N7O3/c18-17(19,20)12-7-25-14(26-15-8-22-10(4-21)5-24-15)3-13(12)23-6-11-9-27(16(28)29)1-2-30-11/h3,5,7-8,11H,1-2,6,9H2,(H,28,29)(H2,23,24,25,26). The smallest absolute Gasteiger partial charge is 0.419 e. The predicted octanol–water partition coefficient (Wildman–Crippen LogP) is 2.30. The second kappa shape index (κ2) is 8.78. The molecule has 1 atom stereocenters. The summed E-state index contributed by atoms with van der Waals surface area (Å²) in [5.41, 5.74) is -1.14. The Kier molecular flexibility index (Phi) is 6.17. The number of hydrogen-bond acceptors (Lipinski definition) is 8. The van der Waals surface area contributed by atoms with E-state index in [0.717, 1.165) is 11.0 Å². The van der Waals surface area contributed by atoms with Crippen molar-refractivity contribution in [3.8, 4) is 6.07 Å². The number of nitrogens with zero attached hydrogens (tertiary/aromatic N) is 5. The van der Waals surface area contributed by atoms with Gasteiger partial charge in [-0.25, -0.2) is 19.7 Å². The lowest BCUT2D eigenvalue weighted by Crippen LogP contribution is -2.47. The third-order valence-electron chi connectivity index (χ3n) is 4.16. The third-order valence-corrected chi connectivity index (χ3v) is 4.16. The van der Waals surface area contributed by atoms with E-state index in [9.17, 15) is 18.0 Å². The Morgan fingerprint density at radius 1 is 1.30 bits per heavy atom. The highest BCUT2D eigenvalue weighted by atomic mass is 19.4.